The molecule has 27 heavy (non-hydrogen) atoms. The number of nitrogens with one attached hydrogen (secondary N) is 1. The maximum absolute atomic E-state index is 12.4. The third-order valence-corrected chi connectivity index (χ3v) is 4.02. The van der Waals surface area contributed by atoms with E-state index in [0.29, 0.717) is 11.3 Å². The number of imidazole rings is 1. The van der Waals surface area contributed by atoms with Gasteiger partial charge in [-0.1, -0.05) is 18.2 Å². The molecule has 4 rings (SSSR count). The third kappa shape index (κ3) is 3.97. The second kappa shape index (κ2) is 7.99. The molecular weight excluding hydrogens is 364 g/mol. The van der Waals surface area contributed by atoms with Crippen molar-refractivity contribution >= 4 is 29.6 Å². The molecule has 0 bridgehead atoms. The summed E-state index contributed by atoms with van der Waals surface area (Å²) >= 11 is 0. The van der Waals surface area contributed by atoms with Crippen LogP contribution in [0.15, 0.2) is 73.2 Å². The summed E-state index contributed by atoms with van der Waals surface area (Å²) in [5, 5.41) is 12.1. The van der Waals surface area contributed by atoms with Gasteiger partial charge in [0.05, 0.1) is 12.3 Å². The number of amides is 1. The zero-order chi connectivity index (χ0) is 17.9. The zero-order valence-electron chi connectivity index (χ0n) is 14.2. The van der Waals surface area contributed by atoms with Gasteiger partial charge in [0.1, 0.15) is 11.3 Å². The molecule has 2 N–H and O–H groups in total. The van der Waals surface area contributed by atoms with Gasteiger partial charge in [0.2, 0.25) is 0 Å². The number of aromatic nitrogens is 3. The minimum absolute atomic E-state index is 0. The zero-order valence-corrected chi connectivity index (χ0v) is 15.1. The highest BCUT2D eigenvalue weighted by Crippen LogP contribution is 2.19. The van der Waals surface area contributed by atoms with Crippen LogP contribution in [-0.4, -0.2) is 25.4 Å². The summed E-state index contributed by atoms with van der Waals surface area (Å²) in [6, 6.07) is 16.6. The van der Waals surface area contributed by atoms with Gasteiger partial charge >= 0.3 is 0 Å². The Labute approximate surface area is 161 Å². The van der Waals surface area contributed by atoms with Crippen LogP contribution >= 0.6 is 12.4 Å². The van der Waals surface area contributed by atoms with Crippen LogP contribution in [0.2, 0.25) is 0 Å². The highest BCUT2D eigenvalue weighted by molar-refractivity contribution is 6.03. The first-order valence-corrected chi connectivity index (χ1v) is 8.14. The molecule has 3 aromatic heterocycles. The quantitative estimate of drug-likeness (QED) is 0.567. The first-order chi connectivity index (χ1) is 12.7. The van der Waals surface area contributed by atoms with E-state index in [1.165, 1.54) is 0 Å². The van der Waals surface area contributed by atoms with E-state index in [1.54, 1.807) is 22.9 Å². The summed E-state index contributed by atoms with van der Waals surface area (Å²) < 4.78 is 1.79. The number of anilines is 1. The molecule has 0 atom stereocenters. The monoisotopic (exact) mass is 380 g/mol. The van der Waals surface area contributed by atoms with Crippen LogP contribution in [0.1, 0.15) is 16.1 Å². The van der Waals surface area contributed by atoms with Gasteiger partial charge in [-0.25, -0.2) is 4.98 Å². The Morgan fingerprint density at radius 3 is 2.67 bits per heavy atom. The lowest BCUT2D eigenvalue weighted by molar-refractivity contribution is 0.102. The fraction of sp³-hybridized carbons (Fsp3) is 0.0500. The lowest BCUT2D eigenvalue weighted by Crippen LogP contribution is -2.11. The van der Waals surface area contributed by atoms with Gasteiger partial charge in [-0.2, -0.15) is 0 Å². The van der Waals surface area contributed by atoms with Crippen LogP contribution in [0.3, 0.4) is 0 Å². The molecule has 1 amide bonds. The van der Waals surface area contributed by atoms with Gasteiger partial charge in [0.15, 0.2) is 0 Å². The molecule has 0 unspecified atom stereocenters. The summed E-state index contributed by atoms with van der Waals surface area (Å²) in [7, 11) is 0. The van der Waals surface area contributed by atoms with Crippen LogP contribution in [-0.2, 0) is 6.61 Å². The van der Waals surface area contributed by atoms with Gasteiger partial charge in [0, 0.05) is 29.8 Å². The van der Waals surface area contributed by atoms with Gasteiger partial charge in [0.25, 0.3) is 5.91 Å². The highest BCUT2D eigenvalue weighted by Gasteiger charge is 2.12. The molecule has 1 aromatic carbocycles. The maximum Gasteiger partial charge on any atom is 0.275 e. The number of nitrogens with zero attached hydrogens (tertiary/aromatic N) is 3. The standard InChI is InChI=1S/C20H16N4O2.ClH/c25-13-14-8-9-21-17(10-14)15-6-7-19-23-18(12-24(19)11-15)20(26)22-16-4-2-1-3-5-16;/h1-12,25H,13H2,(H,22,26);1H. The lowest BCUT2D eigenvalue weighted by atomic mass is 10.1. The SMILES string of the molecule is Cl.O=C(Nc1ccccc1)c1cn2cc(-c3cc(CO)ccn3)ccc2n1. The average Bonchev–Trinajstić information content (AvgIpc) is 3.12. The minimum Gasteiger partial charge on any atom is -0.392 e. The Balaban J connectivity index is 0.00000210. The summed E-state index contributed by atoms with van der Waals surface area (Å²) in [6.07, 6.45) is 5.22. The minimum atomic E-state index is -0.262. The Kier molecular flexibility index (Phi) is 5.49. The Morgan fingerprint density at radius 2 is 1.89 bits per heavy atom. The van der Waals surface area contributed by atoms with Crippen molar-refractivity contribution in [1.82, 2.24) is 14.4 Å². The summed E-state index contributed by atoms with van der Waals surface area (Å²) in [5.74, 6) is -0.262. The predicted molar refractivity (Wildman–Crippen MR) is 106 cm³/mol. The predicted octanol–water partition coefficient (Wildman–Crippen LogP) is 3.56. The van der Waals surface area contributed by atoms with Crippen molar-refractivity contribution in [3.05, 3.63) is 84.4 Å². The molecule has 0 aliphatic rings. The van der Waals surface area contributed by atoms with Crippen molar-refractivity contribution < 1.29 is 9.90 Å². The number of para-hydroxylation sites is 1. The number of aliphatic hydroxyl groups excluding tert-OH is 1. The molecule has 4 aromatic rings. The molecule has 0 saturated heterocycles. The topological polar surface area (TPSA) is 79.5 Å². The number of carbonyl (C=O) groups excluding carboxylic acids is 1. The van der Waals surface area contributed by atoms with Crippen molar-refractivity contribution in [1.29, 1.82) is 0 Å². The van der Waals surface area contributed by atoms with E-state index in [0.717, 1.165) is 22.5 Å². The number of fused-ring (bicyclic) bond motifs is 1. The molecule has 6 nitrogen and oxygen atoms in total. The van der Waals surface area contributed by atoms with E-state index in [2.05, 4.69) is 15.3 Å². The average molecular weight is 381 g/mol. The Hall–Kier alpha value is -3.22. The van der Waals surface area contributed by atoms with Gasteiger partial charge in [-0.15, -0.1) is 12.4 Å². The smallest absolute Gasteiger partial charge is 0.275 e. The van der Waals surface area contributed by atoms with E-state index in [-0.39, 0.29) is 24.9 Å². The number of benzene rings is 1. The van der Waals surface area contributed by atoms with Crippen molar-refractivity contribution in [3.8, 4) is 11.3 Å². The van der Waals surface area contributed by atoms with Gasteiger partial charge < -0.3 is 14.8 Å². The van der Waals surface area contributed by atoms with Crippen molar-refractivity contribution in [2.24, 2.45) is 0 Å². The molecule has 0 saturated carbocycles. The molecule has 3 heterocycles. The molecule has 0 aliphatic carbocycles. The van der Waals surface area contributed by atoms with E-state index in [9.17, 15) is 9.90 Å². The number of aliphatic hydroxyl groups is 1. The molecule has 136 valence electrons. The fourth-order valence-electron chi connectivity index (χ4n) is 2.70. The number of hydrogen-bond donors (Lipinski definition) is 2. The first kappa shape index (κ1) is 18.6. The van der Waals surface area contributed by atoms with E-state index < -0.39 is 0 Å². The van der Waals surface area contributed by atoms with Crippen molar-refractivity contribution in [3.63, 3.8) is 0 Å². The Bertz CT molecular complexity index is 1080. The number of hydrogen-bond acceptors (Lipinski definition) is 4. The second-order valence-corrected chi connectivity index (χ2v) is 5.84. The molecule has 0 aliphatic heterocycles. The Morgan fingerprint density at radius 1 is 1.07 bits per heavy atom. The van der Waals surface area contributed by atoms with Crippen LogP contribution in [0.25, 0.3) is 16.9 Å². The van der Waals surface area contributed by atoms with E-state index in [1.807, 2.05) is 54.7 Å². The highest BCUT2D eigenvalue weighted by atomic mass is 35.5. The normalized spacial score (nSPS) is 10.4. The van der Waals surface area contributed by atoms with E-state index >= 15 is 0 Å². The number of pyridine rings is 2. The maximum atomic E-state index is 12.4. The number of halogens is 1. The molecule has 0 radical (unpaired) electrons. The number of carbonyl (C=O) groups is 1. The van der Waals surface area contributed by atoms with Crippen molar-refractivity contribution in [2.45, 2.75) is 6.61 Å². The third-order valence-electron chi connectivity index (χ3n) is 4.02. The summed E-state index contributed by atoms with van der Waals surface area (Å²) in [4.78, 5) is 21.1. The summed E-state index contributed by atoms with van der Waals surface area (Å²) in [5.41, 5.74) is 4.15. The van der Waals surface area contributed by atoms with Crippen LogP contribution in [0, 0.1) is 0 Å². The van der Waals surface area contributed by atoms with Crippen LogP contribution < -0.4 is 5.32 Å². The summed E-state index contributed by atoms with van der Waals surface area (Å²) in [6.45, 7) is -0.0351. The van der Waals surface area contributed by atoms with Crippen LogP contribution in [0.5, 0.6) is 0 Å². The van der Waals surface area contributed by atoms with Gasteiger partial charge in [-0.3, -0.25) is 9.78 Å². The first-order valence-electron chi connectivity index (χ1n) is 8.14. The molecule has 0 spiro atoms. The fourth-order valence-corrected chi connectivity index (χ4v) is 2.70. The largest absolute Gasteiger partial charge is 0.392 e. The molecule has 0 fully saturated rings. The number of rotatable bonds is 4. The lowest BCUT2D eigenvalue weighted by Gasteiger charge is -2.03. The van der Waals surface area contributed by atoms with Crippen LogP contribution in [0.4, 0.5) is 5.69 Å². The second-order valence-electron chi connectivity index (χ2n) is 5.84. The van der Waals surface area contributed by atoms with Gasteiger partial charge in [-0.05, 0) is 42.0 Å². The van der Waals surface area contributed by atoms with E-state index in [4.69, 9.17) is 0 Å². The van der Waals surface area contributed by atoms with Crippen molar-refractivity contribution in [2.75, 3.05) is 5.32 Å². The molecule has 7 heteroatoms. The molecular formula is C20H17ClN4O2.